The fourth-order valence-corrected chi connectivity index (χ4v) is 6.16. The molecule has 1 aromatic carbocycles. The standard InChI is InChI=1S/C35H59N3O10/c1-23(2)25(19-24-11-16-29(45-9)30(20-24)46-18-10-17-44-8)21-27(36-33(41)47-34(3,4)5)22-31(39)37-32(40)35(6,7)26-12-14-28(15-13-26)48-38(42)43/h11,16,20,23,25-28,31,39H,10,12-15,17-19,21-22H2,1-9H3,(H,36,41)(H,37,40)/t25-,26?,27-,28?,31-/m0/s1. The second kappa shape index (κ2) is 19.0. The average molecular weight is 682 g/mol. The van der Waals surface area contributed by atoms with E-state index in [1.54, 1.807) is 35.0 Å². The zero-order chi connectivity index (χ0) is 36.1. The fraction of sp³-hybridized carbons (Fsp3) is 0.771. The number of alkyl carbamates (subject to hydrolysis) is 1. The van der Waals surface area contributed by atoms with Crippen LogP contribution in [0.15, 0.2) is 18.2 Å². The van der Waals surface area contributed by atoms with Gasteiger partial charge in [0.1, 0.15) is 17.9 Å². The van der Waals surface area contributed by atoms with Crippen molar-refractivity contribution in [1.29, 1.82) is 0 Å². The van der Waals surface area contributed by atoms with Crippen molar-refractivity contribution >= 4 is 12.0 Å². The fourth-order valence-electron chi connectivity index (χ4n) is 6.16. The SMILES string of the molecule is COCCCOc1cc(C[C@@H](C[C@@H](C[C@H](O)NC(=O)C(C)(C)C2CCC(O[N+](=O)[O-])CC2)NC(=O)OC(C)(C)C)C(C)C)ccc1OC. The van der Waals surface area contributed by atoms with Gasteiger partial charge in [0.05, 0.1) is 13.7 Å². The molecule has 2 amide bonds. The van der Waals surface area contributed by atoms with E-state index >= 15 is 0 Å². The molecule has 3 N–H and O–H groups in total. The molecule has 0 radical (unpaired) electrons. The summed E-state index contributed by atoms with van der Waals surface area (Å²) in [6, 6.07) is 5.35. The van der Waals surface area contributed by atoms with Gasteiger partial charge in [0.15, 0.2) is 11.5 Å². The van der Waals surface area contributed by atoms with Crippen molar-refractivity contribution < 1.29 is 43.6 Å². The van der Waals surface area contributed by atoms with Crippen molar-refractivity contribution in [1.82, 2.24) is 10.6 Å². The lowest BCUT2D eigenvalue weighted by molar-refractivity contribution is -0.769. The highest BCUT2D eigenvalue weighted by molar-refractivity contribution is 5.82. The summed E-state index contributed by atoms with van der Waals surface area (Å²) in [6.07, 6.45) is 1.88. The maximum atomic E-state index is 13.4. The second-order valence-electron chi connectivity index (χ2n) is 14.7. The molecular weight excluding hydrogens is 622 g/mol. The van der Waals surface area contributed by atoms with Crippen LogP contribution in [0.1, 0.15) is 99.0 Å². The van der Waals surface area contributed by atoms with E-state index in [0.717, 1.165) is 12.0 Å². The summed E-state index contributed by atoms with van der Waals surface area (Å²) in [4.78, 5) is 41.8. The van der Waals surface area contributed by atoms with Gasteiger partial charge in [-0.25, -0.2) is 4.79 Å². The molecule has 0 unspecified atom stereocenters. The van der Waals surface area contributed by atoms with E-state index in [4.69, 9.17) is 23.8 Å². The molecule has 1 aromatic rings. The van der Waals surface area contributed by atoms with Gasteiger partial charge >= 0.3 is 6.09 Å². The summed E-state index contributed by atoms with van der Waals surface area (Å²) in [6.45, 7) is 14.3. The molecule has 1 saturated carbocycles. The van der Waals surface area contributed by atoms with Crippen LogP contribution in [0.25, 0.3) is 0 Å². The third kappa shape index (κ3) is 14.0. The van der Waals surface area contributed by atoms with E-state index in [9.17, 15) is 24.8 Å². The number of aliphatic hydroxyl groups excluding tert-OH is 1. The Hall–Kier alpha value is -3.32. The van der Waals surface area contributed by atoms with Gasteiger partial charge in [-0.15, -0.1) is 10.1 Å². The molecule has 274 valence electrons. The number of methoxy groups -OCH3 is 2. The Labute approximate surface area is 285 Å². The zero-order valence-electron chi connectivity index (χ0n) is 30.3. The molecule has 2 rings (SSSR count). The number of amides is 2. The molecule has 1 aliphatic rings. The Bertz CT molecular complexity index is 1160. The minimum Gasteiger partial charge on any atom is -0.493 e. The van der Waals surface area contributed by atoms with E-state index < -0.39 is 40.6 Å². The Kier molecular flexibility index (Phi) is 16.2. The normalized spacial score (nSPS) is 18.7. The number of benzene rings is 1. The second-order valence-corrected chi connectivity index (χ2v) is 14.7. The van der Waals surface area contributed by atoms with Crippen LogP contribution in [0.4, 0.5) is 4.79 Å². The van der Waals surface area contributed by atoms with Gasteiger partial charge in [0.2, 0.25) is 5.91 Å². The quantitative estimate of drug-likeness (QED) is 0.0700. The number of nitrogens with zero attached hydrogens (tertiary/aromatic N) is 1. The van der Waals surface area contributed by atoms with Gasteiger partial charge in [-0.05, 0) is 94.7 Å². The summed E-state index contributed by atoms with van der Waals surface area (Å²) in [5.41, 5.74) is -0.497. The zero-order valence-corrected chi connectivity index (χ0v) is 30.3. The van der Waals surface area contributed by atoms with Crippen molar-refractivity contribution in [3.63, 3.8) is 0 Å². The van der Waals surface area contributed by atoms with Crippen molar-refractivity contribution in [2.45, 2.75) is 124 Å². The monoisotopic (exact) mass is 681 g/mol. The van der Waals surface area contributed by atoms with Gasteiger partial charge in [-0.2, -0.15) is 0 Å². The van der Waals surface area contributed by atoms with E-state index in [0.29, 0.717) is 63.2 Å². The van der Waals surface area contributed by atoms with Crippen molar-refractivity contribution in [3.05, 3.63) is 33.9 Å². The summed E-state index contributed by atoms with van der Waals surface area (Å²) in [5, 5.41) is 26.8. The molecule has 0 aromatic heterocycles. The van der Waals surface area contributed by atoms with Gasteiger partial charge < -0.3 is 39.5 Å². The number of rotatable bonds is 19. The Morgan fingerprint density at radius 1 is 1.00 bits per heavy atom. The van der Waals surface area contributed by atoms with E-state index in [1.165, 1.54) is 0 Å². The van der Waals surface area contributed by atoms with Gasteiger partial charge in [0, 0.05) is 38.0 Å². The minimum absolute atomic E-state index is 0.0318. The number of carbonyl (C=O) groups excluding carboxylic acids is 2. The number of carbonyl (C=O) groups is 2. The molecule has 0 aliphatic heterocycles. The highest BCUT2D eigenvalue weighted by atomic mass is 17.0. The Morgan fingerprint density at radius 2 is 1.67 bits per heavy atom. The van der Waals surface area contributed by atoms with E-state index in [2.05, 4.69) is 24.5 Å². The molecule has 0 heterocycles. The predicted molar refractivity (Wildman–Crippen MR) is 181 cm³/mol. The van der Waals surface area contributed by atoms with Crippen LogP contribution in [-0.2, 0) is 25.5 Å². The molecule has 1 aliphatic carbocycles. The van der Waals surface area contributed by atoms with E-state index in [1.807, 2.05) is 32.0 Å². The molecule has 1 fully saturated rings. The first kappa shape index (κ1) is 40.9. The topological polar surface area (TPSA) is 168 Å². The molecule has 0 spiro atoms. The summed E-state index contributed by atoms with van der Waals surface area (Å²) < 4.78 is 22.2. The first-order valence-electron chi connectivity index (χ1n) is 17.0. The van der Waals surface area contributed by atoms with Crippen LogP contribution in [0.5, 0.6) is 11.5 Å². The van der Waals surface area contributed by atoms with Crippen LogP contribution in [0.2, 0.25) is 0 Å². The largest absolute Gasteiger partial charge is 0.493 e. The van der Waals surface area contributed by atoms with Crippen LogP contribution < -0.4 is 20.1 Å². The molecule has 3 atom stereocenters. The average Bonchev–Trinajstić information content (AvgIpc) is 2.98. The highest BCUT2D eigenvalue weighted by Crippen LogP contribution is 2.39. The predicted octanol–water partition coefficient (Wildman–Crippen LogP) is 5.83. The van der Waals surface area contributed by atoms with Crippen molar-refractivity contribution in [2.24, 2.45) is 23.2 Å². The van der Waals surface area contributed by atoms with Crippen LogP contribution >= 0.6 is 0 Å². The number of hydrogen-bond acceptors (Lipinski definition) is 10. The third-order valence-corrected chi connectivity index (χ3v) is 9.05. The number of ether oxygens (including phenoxy) is 4. The van der Waals surface area contributed by atoms with Gasteiger partial charge in [0.25, 0.3) is 5.09 Å². The Balaban J connectivity index is 2.16. The minimum atomic E-state index is -1.23. The molecule has 13 heteroatoms. The lowest BCUT2D eigenvalue weighted by Gasteiger charge is -2.38. The first-order valence-corrected chi connectivity index (χ1v) is 17.0. The van der Waals surface area contributed by atoms with Gasteiger partial charge in [-0.1, -0.05) is 33.8 Å². The number of nitrogens with one attached hydrogen (secondary N) is 2. The third-order valence-electron chi connectivity index (χ3n) is 9.05. The summed E-state index contributed by atoms with van der Waals surface area (Å²) >= 11 is 0. The van der Waals surface area contributed by atoms with Crippen molar-refractivity contribution in [3.8, 4) is 11.5 Å². The molecule has 0 saturated heterocycles. The number of hydrogen-bond donors (Lipinski definition) is 3. The summed E-state index contributed by atoms with van der Waals surface area (Å²) in [7, 11) is 3.25. The molecule has 48 heavy (non-hydrogen) atoms. The van der Waals surface area contributed by atoms with Crippen LogP contribution in [0.3, 0.4) is 0 Å². The molecule has 13 nitrogen and oxygen atoms in total. The lowest BCUT2D eigenvalue weighted by Crippen LogP contribution is -2.50. The molecular formula is C35H59N3O10. The van der Waals surface area contributed by atoms with Gasteiger partial charge in [-0.3, -0.25) is 4.79 Å². The van der Waals surface area contributed by atoms with Crippen molar-refractivity contribution in [2.75, 3.05) is 27.4 Å². The summed E-state index contributed by atoms with van der Waals surface area (Å²) in [5.74, 6) is 1.26. The lowest BCUT2D eigenvalue weighted by atomic mass is 9.70. The van der Waals surface area contributed by atoms with Crippen LogP contribution in [-0.4, -0.2) is 73.6 Å². The highest BCUT2D eigenvalue weighted by Gasteiger charge is 2.40. The van der Waals surface area contributed by atoms with Crippen LogP contribution in [0, 0.1) is 33.3 Å². The smallest absolute Gasteiger partial charge is 0.407 e. The maximum Gasteiger partial charge on any atom is 0.407 e. The first-order chi connectivity index (χ1) is 22.4. The van der Waals surface area contributed by atoms with E-state index in [-0.39, 0.29) is 30.1 Å². The molecule has 0 bridgehead atoms. The number of aliphatic hydroxyl groups is 1. The maximum absolute atomic E-state index is 13.4. The Morgan fingerprint density at radius 3 is 2.23 bits per heavy atom.